The van der Waals surface area contributed by atoms with Crippen LogP contribution in [0, 0.1) is 33.6 Å². The zero-order valence-electron chi connectivity index (χ0n) is 47.6. The number of benzene rings is 5. The number of thiazole rings is 4. The highest BCUT2D eigenvalue weighted by Crippen LogP contribution is 2.33. The Morgan fingerprint density at radius 1 is 0.535 bits per heavy atom. The fourth-order valence-electron chi connectivity index (χ4n) is 8.88. The largest absolute Gasteiger partial charge is 0.508 e. The van der Waals surface area contributed by atoms with E-state index in [-0.39, 0.29) is 29.6 Å². The van der Waals surface area contributed by atoms with Crippen LogP contribution in [0.3, 0.4) is 0 Å². The van der Waals surface area contributed by atoms with Crippen LogP contribution in [0.5, 0.6) is 40.6 Å². The second-order valence-corrected chi connectivity index (χ2v) is 25.7. The monoisotopic (exact) mass is 1280 g/mol. The number of amides is 2. The third-order valence-corrected chi connectivity index (χ3v) is 17.0. The number of hydrogen-bond donors (Lipinski definition) is 1. The van der Waals surface area contributed by atoms with Crippen LogP contribution in [0.4, 0.5) is 0 Å². The van der Waals surface area contributed by atoms with Crippen molar-refractivity contribution in [3.8, 4) is 40.6 Å². The second-order valence-electron chi connectivity index (χ2n) is 19.8. The lowest BCUT2D eigenvalue weighted by molar-refractivity contribution is -0.117. The number of imide groups is 1. The highest BCUT2D eigenvalue weighted by Gasteiger charge is 2.37. The van der Waals surface area contributed by atoms with Crippen molar-refractivity contribution in [1.82, 2.24) is 39.8 Å². The van der Waals surface area contributed by atoms with E-state index >= 15 is 0 Å². The minimum absolute atomic E-state index is 0.201. The number of phenols is 1. The van der Waals surface area contributed by atoms with Gasteiger partial charge in [0.1, 0.15) is 28.8 Å². The predicted molar refractivity (Wildman–Crippen MR) is 349 cm³/mol. The Morgan fingerprint density at radius 3 is 1.33 bits per heavy atom. The summed E-state index contributed by atoms with van der Waals surface area (Å²) in [6.45, 7) is 13.4. The van der Waals surface area contributed by atoms with Gasteiger partial charge in [0.2, 0.25) is 17.6 Å². The molecule has 86 heavy (non-hydrogen) atoms. The summed E-state index contributed by atoms with van der Waals surface area (Å²) in [6, 6.07) is 40.4. The Bertz CT molecular complexity index is 4430. The number of aryl methyl sites for hydroxylation is 4. The van der Waals surface area contributed by atoms with Crippen molar-refractivity contribution in [2.24, 2.45) is 5.92 Å². The summed E-state index contributed by atoms with van der Waals surface area (Å²) in [4.78, 5) is 68.0. The van der Waals surface area contributed by atoms with Gasteiger partial charge in [-0.15, -0.1) is 45.3 Å². The van der Waals surface area contributed by atoms with Crippen molar-refractivity contribution in [3.63, 3.8) is 0 Å². The number of nitrogens with zero attached hydrogens (tertiary/aromatic N) is 8. The fraction of sp³-hybridized carbons (Fsp3) is 0.152. The molecule has 0 unspecified atom stereocenters. The van der Waals surface area contributed by atoms with Crippen LogP contribution in [0.25, 0.3) is 53.0 Å². The van der Waals surface area contributed by atoms with Crippen molar-refractivity contribution < 1.29 is 33.7 Å². The van der Waals surface area contributed by atoms with Gasteiger partial charge in [0.25, 0.3) is 11.8 Å². The topological polar surface area (TPSA) is 193 Å². The molecule has 1 aliphatic heterocycles. The molecule has 12 aromatic rings. The number of Topliss-reactive ketones (excluding diaryl/α,β-unsaturated/α-hetero) is 1. The smallest absolute Gasteiger partial charge is 0.262 e. The van der Waals surface area contributed by atoms with Gasteiger partial charge < -0.3 is 24.1 Å². The lowest BCUT2D eigenvalue weighted by Crippen LogP contribution is -2.36. The summed E-state index contributed by atoms with van der Waals surface area (Å²) in [5.41, 5.74) is 6.65. The van der Waals surface area contributed by atoms with Crippen molar-refractivity contribution in [2.75, 3.05) is 0 Å². The van der Waals surface area contributed by atoms with Crippen LogP contribution in [0.2, 0.25) is 0 Å². The molecular formula is C66H55BrN8O7S4. The fourth-order valence-corrected chi connectivity index (χ4v) is 12.5. The van der Waals surface area contributed by atoms with Gasteiger partial charge >= 0.3 is 0 Å². The lowest BCUT2D eigenvalue weighted by Gasteiger charge is -2.19. The number of aromatic nitrogens is 7. The van der Waals surface area contributed by atoms with E-state index in [1.807, 2.05) is 157 Å². The van der Waals surface area contributed by atoms with E-state index in [1.165, 1.54) is 4.90 Å². The van der Waals surface area contributed by atoms with Crippen LogP contribution in [0.15, 0.2) is 169 Å². The van der Waals surface area contributed by atoms with Gasteiger partial charge in [0.05, 0.1) is 78.1 Å². The Morgan fingerprint density at radius 2 is 0.930 bits per heavy atom. The molecule has 0 radical (unpaired) electrons. The molecule has 15 nitrogen and oxygen atoms in total. The van der Waals surface area contributed by atoms with E-state index < -0.39 is 0 Å². The molecular weight excluding hydrogens is 1220 g/mol. The first-order valence-electron chi connectivity index (χ1n) is 27.0. The van der Waals surface area contributed by atoms with Crippen LogP contribution >= 0.6 is 61.3 Å². The van der Waals surface area contributed by atoms with Crippen LogP contribution < -0.4 is 14.2 Å². The van der Waals surface area contributed by atoms with Crippen LogP contribution in [-0.2, 0) is 4.79 Å². The molecule has 0 spiro atoms. The summed E-state index contributed by atoms with van der Waals surface area (Å²) in [7, 11) is 0. The first kappa shape index (κ1) is 60.2. The van der Waals surface area contributed by atoms with Gasteiger partial charge in [0, 0.05) is 65.9 Å². The Kier molecular flexibility index (Phi) is 19.2. The van der Waals surface area contributed by atoms with Crippen LogP contribution in [0.1, 0.15) is 79.1 Å². The number of fused-ring (bicyclic) bond motifs is 5. The number of carbonyl (C=O) groups excluding carboxylic acids is 3. The van der Waals surface area contributed by atoms with Gasteiger partial charge in [-0.05, 0) is 159 Å². The molecule has 0 saturated carbocycles. The van der Waals surface area contributed by atoms with E-state index in [1.54, 1.807) is 113 Å². The maximum Gasteiger partial charge on any atom is 0.262 e. The maximum atomic E-state index is 12.6. The van der Waals surface area contributed by atoms with E-state index in [9.17, 15) is 14.4 Å². The standard InChI is InChI=1S/C25H19N3O3S.C20H20N2O2S.C13H9BrN2OS.C8H7NOS/c1-15(28-24(29)19-5-3-4-6-20(19)25(28)30)7-8-17-9-12-23(26-14-17)31-18-10-11-21-22(13-18)32-16(2)27-21;1-13(10-14(2)23)4-5-16-6-9-20(21-12-16)24-17-7-8-18-19(11-17)25-15(3)22-18;1-8-16-11-4-3-10(6-12(11)18-8)17-13-5-2-9(14)7-15-13;1-5-9-7-3-2-6(10)4-8(7)11-5/h3-15H,1-2H3;4-9,11-13H,10H2,1-3H3;2-7H,1H3;2-4,10H,1H3/b8-7+;5-4+;;/t15-;13-;;/m00../s1. The molecule has 0 aliphatic carbocycles. The zero-order valence-corrected chi connectivity index (χ0v) is 52.4. The van der Waals surface area contributed by atoms with E-state index in [0.29, 0.717) is 46.7 Å². The number of rotatable bonds is 13. The predicted octanol–water partition coefficient (Wildman–Crippen LogP) is 17.8. The average molecular weight is 1280 g/mol. The Hall–Kier alpha value is -8.92. The van der Waals surface area contributed by atoms with Crippen molar-refractivity contribution in [1.29, 1.82) is 0 Å². The molecule has 7 aromatic heterocycles. The van der Waals surface area contributed by atoms with E-state index in [2.05, 4.69) is 50.8 Å². The summed E-state index contributed by atoms with van der Waals surface area (Å²) in [5.74, 6) is 4.05. The molecule has 13 rings (SSSR count). The van der Waals surface area contributed by atoms with Gasteiger partial charge in [0.15, 0.2) is 0 Å². The summed E-state index contributed by atoms with van der Waals surface area (Å²) >= 11 is 9.87. The molecule has 20 heteroatoms. The second kappa shape index (κ2) is 27.4. The van der Waals surface area contributed by atoms with Gasteiger partial charge in [-0.25, -0.2) is 34.9 Å². The van der Waals surface area contributed by atoms with Crippen LogP contribution in [-0.4, -0.2) is 68.5 Å². The number of ketones is 1. The Labute approximate surface area is 520 Å². The Balaban J connectivity index is 0.000000135. The minimum atomic E-state index is -0.382. The van der Waals surface area contributed by atoms with E-state index in [4.69, 9.17) is 19.3 Å². The molecule has 1 N–H and O–H groups in total. The maximum absolute atomic E-state index is 12.6. The average Bonchev–Trinajstić information content (AvgIpc) is 4.33. The normalized spacial score (nSPS) is 12.6. The molecule has 5 aromatic carbocycles. The van der Waals surface area contributed by atoms with Gasteiger partial charge in [-0.2, -0.15) is 0 Å². The van der Waals surface area contributed by atoms with Crippen molar-refractivity contribution in [3.05, 3.63) is 211 Å². The quantitative estimate of drug-likeness (QED) is 0.107. The van der Waals surface area contributed by atoms with Crippen molar-refractivity contribution in [2.45, 2.75) is 60.9 Å². The molecule has 0 bridgehead atoms. The van der Waals surface area contributed by atoms with Gasteiger partial charge in [-0.3, -0.25) is 14.5 Å². The number of aromatic hydroxyl groups is 1. The number of pyridine rings is 3. The molecule has 8 heterocycles. The highest BCUT2D eigenvalue weighted by molar-refractivity contribution is 9.10. The molecule has 0 fully saturated rings. The first-order chi connectivity index (χ1) is 41.4. The van der Waals surface area contributed by atoms with Gasteiger partial charge in [-0.1, -0.05) is 43.4 Å². The number of allylic oxidation sites excluding steroid dienone is 1. The summed E-state index contributed by atoms with van der Waals surface area (Å²) in [5, 5.41) is 13.3. The number of ether oxygens (including phenoxy) is 3. The molecule has 432 valence electrons. The molecule has 2 atom stereocenters. The third-order valence-electron chi connectivity index (χ3n) is 12.8. The SMILES string of the molecule is CC(=O)C[C@@H](C)/C=C/c1ccc(Oc2ccc3nc(C)sc3c2)nc1.Cc1nc2ccc(O)cc2s1.Cc1nc2ccc(Oc3ccc(/C=C/[C@H](C)N4C(=O)c5ccccc5C4=O)cn3)cc2s1.Cc1nc2ccc(Oc3ccc(Br)cn3)cc2s1. The number of phenolic OH excluding ortho intramolecular Hbond substituents is 1. The zero-order chi connectivity index (χ0) is 60.4. The number of hydrogen-bond acceptors (Lipinski definition) is 18. The summed E-state index contributed by atoms with van der Waals surface area (Å²) in [6.07, 6.45) is 13.4. The highest BCUT2D eigenvalue weighted by atomic mass is 79.9. The first-order valence-corrected chi connectivity index (χ1v) is 31.1. The molecule has 0 saturated heterocycles. The number of carbonyl (C=O) groups is 3. The van der Waals surface area contributed by atoms with Crippen molar-refractivity contribution >= 4 is 132 Å². The molecule has 1 aliphatic rings. The summed E-state index contributed by atoms with van der Waals surface area (Å²) < 4.78 is 22.7. The minimum Gasteiger partial charge on any atom is -0.508 e. The van der Waals surface area contributed by atoms with E-state index in [0.717, 1.165) is 88.0 Å². The molecule has 2 amide bonds. The number of halogens is 1. The third kappa shape index (κ3) is 15.7. The lowest BCUT2D eigenvalue weighted by atomic mass is 10.0.